The molecule has 1 aliphatic rings. The molecule has 7 heteroatoms. The van der Waals surface area contributed by atoms with Crippen molar-refractivity contribution in [3.63, 3.8) is 0 Å². The molecule has 0 saturated carbocycles. The van der Waals surface area contributed by atoms with Crippen LogP contribution in [0.1, 0.15) is 28.5 Å². The van der Waals surface area contributed by atoms with Crippen LogP contribution in [0.2, 0.25) is 0 Å². The second kappa shape index (κ2) is 7.09. The summed E-state index contributed by atoms with van der Waals surface area (Å²) >= 11 is 0. The van der Waals surface area contributed by atoms with E-state index in [1.165, 1.54) is 24.3 Å². The average molecular weight is 387 g/mol. The van der Waals surface area contributed by atoms with Crippen LogP contribution in [-0.4, -0.2) is 43.5 Å². The maximum atomic E-state index is 13.1. The molecule has 29 heavy (non-hydrogen) atoms. The highest BCUT2D eigenvalue weighted by Gasteiger charge is 2.30. The summed E-state index contributed by atoms with van der Waals surface area (Å²) in [7, 11) is 0. The summed E-state index contributed by atoms with van der Waals surface area (Å²) in [6, 6.07) is 13.5. The van der Waals surface area contributed by atoms with Gasteiger partial charge in [-0.25, -0.2) is 13.9 Å². The number of halogens is 1. The zero-order valence-corrected chi connectivity index (χ0v) is 15.6. The summed E-state index contributed by atoms with van der Waals surface area (Å²) < 4.78 is 14.9. The van der Waals surface area contributed by atoms with Gasteiger partial charge in [-0.2, -0.15) is 5.10 Å². The number of hydrogen-bond acceptors (Lipinski definition) is 4. The normalized spacial score (nSPS) is 16.4. The van der Waals surface area contributed by atoms with E-state index >= 15 is 0 Å². The van der Waals surface area contributed by atoms with Crippen LogP contribution in [0.3, 0.4) is 0 Å². The highest BCUT2D eigenvalue weighted by atomic mass is 19.1. The van der Waals surface area contributed by atoms with Crippen LogP contribution in [0, 0.1) is 5.82 Å². The molecular weight excluding hydrogens is 369 g/mol. The van der Waals surface area contributed by atoms with Crippen molar-refractivity contribution in [1.29, 1.82) is 0 Å². The van der Waals surface area contributed by atoms with Crippen molar-refractivity contribution in [3.05, 3.63) is 84.3 Å². The first kappa shape index (κ1) is 17.5. The molecule has 5 rings (SSSR count). The first-order valence-corrected chi connectivity index (χ1v) is 9.49. The van der Waals surface area contributed by atoms with E-state index in [-0.39, 0.29) is 17.6 Å². The minimum absolute atomic E-state index is 0.0844. The predicted molar refractivity (Wildman–Crippen MR) is 106 cm³/mol. The number of carbonyl (C=O) groups excluding carboxylic acids is 1. The van der Waals surface area contributed by atoms with Crippen LogP contribution in [0.25, 0.3) is 16.8 Å². The number of nitrogens with zero attached hydrogens (tertiary/aromatic N) is 5. The van der Waals surface area contributed by atoms with Crippen molar-refractivity contribution in [2.75, 3.05) is 13.1 Å². The van der Waals surface area contributed by atoms with Crippen molar-refractivity contribution >= 4 is 11.6 Å². The Labute approximate surface area is 166 Å². The lowest BCUT2D eigenvalue weighted by Gasteiger charge is -2.15. The van der Waals surface area contributed by atoms with Gasteiger partial charge >= 0.3 is 0 Å². The van der Waals surface area contributed by atoms with Crippen LogP contribution in [-0.2, 0) is 0 Å². The maximum Gasteiger partial charge on any atom is 0.253 e. The zero-order valence-electron chi connectivity index (χ0n) is 15.6. The highest BCUT2D eigenvalue weighted by molar-refractivity contribution is 5.94. The van der Waals surface area contributed by atoms with Crippen LogP contribution in [0.15, 0.2) is 67.1 Å². The summed E-state index contributed by atoms with van der Waals surface area (Å²) in [5.74, 6) is 0.388. The number of benzene rings is 1. The van der Waals surface area contributed by atoms with E-state index in [4.69, 9.17) is 0 Å². The Morgan fingerprint density at radius 1 is 1.07 bits per heavy atom. The zero-order chi connectivity index (χ0) is 19.8. The number of rotatable bonds is 3. The van der Waals surface area contributed by atoms with E-state index in [0.29, 0.717) is 18.7 Å². The van der Waals surface area contributed by atoms with Gasteiger partial charge in [-0.15, -0.1) is 0 Å². The fourth-order valence-corrected chi connectivity index (χ4v) is 3.71. The van der Waals surface area contributed by atoms with Crippen molar-refractivity contribution in [3.8, 4) is 11.1 Å². The Kier molecular flexibility index (Phi) is 4.27. The molecule has 0 spiro atoms. The van der Waals surface area contributed by atoms with Crippen LogP contribution in [0.5, 0.6) is 0 Å². The Bertz CT molecular complexity index is 1170. The van der Waals surface area contributed by atoms with Crippen LogP contribution in [0.4, 0.5) is 4.39 Å². The summed E-state index contributed by atoms with van der Waals surface area (Å²) in [5, 5.41) is 4.66. The monoisotopic (exact) mass is 387 g/mol. The molecular formula is C22H18FN5O. The van der Waals surface area contributed by atoms with Crippen molar-refractivity contribution < 1.29 is 9.18 Å². The van der Waals surface area contributed by atoms with Crippen molar-refractivity contribution in [1.82, 2.24) is 24.5 Å². The van der Waals surface area contributed by atoms with Gasteiger partial charge in [0.1, 0.15) is 5.82 Å². The molecule has 1 atom stereocenters. The molecule has 4 heterocycles. The Morgan fingerprint density at radius 3 is 2.72 bits per heavy atom. The average Bonchev–Trinajstić information content (AvgIpc) is 3.41. The van der Waals surface area contributed by atoms with Gasteiger partial charge in [-0.05, 0) is 48.9 Å². The third-order valence-corrected chi connectivity index (χ3v) is 5.27. The van der Waals surface area contributed by atoms with Gasteiger partial charge in [0.2, 0.25) is 0 Å². The summed E-state index contributed by atoms with van der Waals surface area (Å²) in [6.07, 6.45) is 6.31. The molecule has 3 aromatic heterocycles. The van der Waals surface area contributed by atoms with Gasteiger partial charge in [0.15, 0.2) is 11.5 Å². The topological polar surface area (TPSA) is 63.4 Å². The summed E-state index contributed by atoms with van der Waals surface area (Å²) in [4.78, 5) is 23.3. The minimum Gasteiger partial charge on any atom is -0.338 e. The lowest BCUT2D eigenvalue weighted by atomic mass is 10.1. The molecule has 6 nitrogen and oxygen atoms in total. The maximum absolute atomic E-state index is 13.1. The Hall–Kier alpha value is -3.61. The van der Waals surface area contributed by atoms with Crippen molar-refractivity contribution in [2.24, 2.45) is 0 Å². The number of carbonyl (C=O) groups is 1. The van der Waals surface area contributed by atoms with E-state index < -0.39 is 0 Å². The minimum atomic E-state index is -0.347. The molecule has 144 valence electrons. The van der Waals surface area contributed by atoms with Gasteiger partial charge in [0.25, 0.3) is 5.91 Å². The summed E-state index contributed by atoms with van der Waals surface area (Å²) in [6.45, 7) is 1.19. The SMILES string of the molecule is O=C(c1ccc(F)cc1)N1CC[C@H](c2nc3ccc(-c4cccnc4)cn3n2)C1. The molecule has 1 saturated heterocycles. The number of hydrogen-bond donors (Lipinski definition) is 0. The van der Waals surface area contributed by atoms with Crippen molar-refractivity contribution in [2.45, 2.75) is 12.3 Å². The second-order valence-electron chi connectivity index (χ2n) is 7.18. The fourth-order valence-electron chi connectivity index (χ4n) is 3.71. The predicted octanol–water partition coefficient (Wildman–Crippen LogP) is 3.56. The van der Waals surface area contributed by atoms with Crippen LogP contribution >= 0.6 is 0 Å². The molecule has 4 aromatic rings. The largest absolute Gasteiger partial charge is 0.338 e. The fraction of sp³-hybridized carbons (Fsp3) is 0.182. The van der Waals surface area contributed by atoms with E-state index in [1.807, 2.05) is 36.7 Å². The molecule has 1 aliphatic heterocycles. The first-order chi connectivity index (χ1) is 14.2. The van der Waals surface area contributed by atoms with Gasteiger partial charge in [0.05, 0.1) is 0 Å². The molecule has 0 N–H and O–H groups in total. The third kappa shape index (κ3) is 3.35. The third-order valence-electron chi connectivity index (χ3n) is 5.27. The lowest BCUT2D eigenvalue weighted by molar-refractivity contribution is 0.0790. The molecule has 0 unspecified atom stereocenters. The number of fused-ring (bicyclic) bond motifs is 1. The van der Waals surface area contributed by atoms with Gasteiger partial charge in [-0.1, -0.05) is 6.07 Å². The number of likely N-dealkylation sites (tertiary alicyclic amines) is 1. The number of aromatic nitrogens is 4. The number of pyridine rings is 2. The molecule has 0 bridgehead atoms. The second-order valence-corrected chi connectivity index (χ2v) is 7.18. The molecule has 0 aliphatic carbocycles. The first-order valence-electron chi connectivity index (χ1n) is 9.49. The molecule has 1 amide bonds. The Balaban J connectivity index is 1.36. The van der Waals surface area contributed by atoms with Gasteiger partial charge < -0.3 is 4.90 Å². The van der Waals surface area contributed by atoms with E-state index in [0.717, 1.165) is 29.0 Å². The smallest absolute Gasteiger partial charge is 0.253 e. The quantitative estimate of drug-likeness (QED) is 0.539. The number of amides is 1. The Morgan fingerprint density at radius 2 is 1.93 bits per heavy atom. The summed E-state index contributed by atoms with van der Waals surface area (Å²) in [5.41, 5.74) is 3.30. The standard InChI is InChI=1S/C22H18FN5O/c23-19-6-3-15(4-7-19)22(29)27-11-9-18(13-27)21-25-20-8-5-17(14-28(20)26-21)16-2-1-10-24-12-16/h1-8,10,12,14,18H,9,11,13H2/t18-/m0/s1. The highest BCUT2D eigenvalue weighted by Crippen LogP contribution is 2.27. The van der Waals surface area contributed by atoms with E-state index in [2.05, 4.69) is 15.1 Å². The molecule has 1 aromatic carbocycles. The lowest BCUT2D eigenvalue weighted by Crippen LogP contribution is -2.28. The van der Waals surface area contributed by atoms with Crippen LogP contribution < -0.4 is 0 Å². The van der Waals surface area contributed by atoms with E-state index in [1.54, 1.807) is 15.6 Å². The molecule has 0 radical (unpaired) electrons. The van der Waals surface area contributed by atoms with E-state index in [9.17, 15) is 9.18 Å². The molecule has 1 fully saturated rings. The van der Waals surface area contributed by atoms with Gasteiger partial charge in [-0.3, -0.25) is 9.78 Å². The van der Waals surface area contributed by atoms with Gasteiger partial charge in [0, 0.05) is 54.3 Å².